The third-order valence-corrected chi connectivity index (χ3v) is 3.61. The first kappa shape index (κ1) is 19.4. The summed E-state index contributed by atoms with van der Waals surface area (Å²) in [5, 5.41) is 7.73. The topological polar surface area (TPSA) is 63.1 Å². The fraction of sp³-hybridized carbons (Fsp3) is 0.400. The molecule has 6 nitrogen and oxygen atoms in total. The fourth-order valence-corrected chi connectivity index (χ4v) is 2.31. The molecule has 0 saturated carbocycles. The number of hydrogen-bond donors (Lipinski definition) is 1. The standard InChI is InChI=1S/C15H20ClN5O.ClH/c1-10-9-11(2)21(19-10)13-6-5-12(16)14(18-13)15(22)20(4)8-7-17-3;/h5-6,9,17H,7-8H2,1-4H3;1H. The van der Waals surface area contributed by atoms with Crippen molar-refractivity contribution in [1.82, 2.24) is 25.0 Å². The fourth-order valence-electron chi connectivity index (χ4n) is 2.12. The first-order valence-electron chi connectivity index (χ1n) is 7.04. The molecule has 0 aliphatic carbocycles. The van der Waals surface area contributed by atoms with Crippen molar-refractivity contribution in [1.29, 1.82) is 0 Å². The third kappa shape index (κ3) is 4.43. The van der Waals surface area contributed by atoms with Crippen LogP contribution in [-0.2, 0) is 0 Å². The lowest BCUT2D eigenvalue weighted by atomic mass is 10.3. The molecule has 0 fully saturated rings. The van der Waals surface area contributed by atoms with Crippen molar-refractivity contribution in [2.75, 3.05) is 27.2 Å². The average Bonchev–Trinajstić information content (AvgIpc) is 2.83. The van der Waals surface area contributed by atoms with E-state index in [2.05, 4.69) is 15.4 Å². The van der Waals surface area contributed by atoms with Gasteiger partial charge in [-0.15, -0.1) is 12.4 Å². The second kappa shape index (κ2) is 8.29. The Morgan fingerprint density at radius 2 is 2.09 bits per heavy atom. The number of likely N-dealkylation sites (N-methyl/N-ethyl adjacent to an activating group) is 2. The molecule has 2 aromatic heterocycles. The van der Waals surface area contributed by atoms with Crippen LogP contribution in [0.2, 0.25) is 5.02 Å². The molecule has 0 bridgehead atoms. The van der Waals surface area contributed by atoms with E-state index in [0.717, 1.165) is 11.4 Å². The van der Waals surface area contributed by atoms with Gasteiger partial charge in [0, 0.05) is 25.8 Å². The SMILES string of the molecule is CNCCN(C)C(=O)c1nc(-n2nc(C)cc2C)ccc1Cl.Cl. The van der Waals surface area contributed by atoms with E-state index in [0.29, 0.717) is 23.9 Å². The Balaban J connectivity index is 0.00000264. The molecule has 8 heteroatoms. The maximum atomic E-state index is 12.5. The van der Waals surface area contributed by atoms with E-state index in [1.165, 1.54) is 0 Å². The molecule has 0 spiro atoms. The van der Waals surface area contributed by atoms with Gasteiger partial charge in [-0.25, -0.2) is 9.67 Å². The van der Waals surface area contributed by atoms with Gasteiger partial charge in [0.25, 0.3) is 5.91 Å². The quantitative estimate of drug-likeness (QED) is 0.891. The molecular weight excluding hydrogens is 337 g/mol. The number of aromatic nitrogens is 3. The van der Waals surface area contributed by atoms with Crippen molar-refractivity contribution in [3.05, 3.63) is 40.3 Å². The van der Waals surface area contributed by atoms with E-state index < -0.39 is 0 Å². The monoisotopic (exact) mass is 357 g/mol. The number of carbonyl (C=O) groups excluding carboxylic acids is 1. The third-order valence-electron chi connectivity index (χ3n) is 3.30. The van der Waals surface area contributed by atoms with Crippen LogP contribution in [0.5, 0.6) is 0 Å². The zero-order valence-corrected chi connectivity index (χ0v) is 15.2. The summed E-state index contributed by atoms with van der Waals surface area (Å²) in [4.78, 5) is 18.5. The molecule has 0 atom stereocenters. The van der Waals surface area contributed by atoms with Crippen LogP contribution in [0, 0.1) is 13.8 Å². The Bertz CT molecular complexity index is 687. The molecule has 1 N–H and O–H groups in total. The van der Waals surface area contributed by atoms with Crippen molar-refractivity contribution in [2.45, 2.75) is 13.8 Å². The zero-order chi connectivity index (χ0) is 16.3. The van der Waals surface area contributed by atoms with Crippen molar-refractivity contribution in [3.63, 3.8) is 0 Å². The molecule has 0 aliphatic heterocycles. The van der Waals surface area contributed by atoms with Gasteiger partial charge in [0.2, 0.25) is 0 Å². The molecule has 0 aliphatic rings. The zero-order valence-electron chi connectivity index (χ0n) is 13.6. The molecular formula is C15H21Cl2N5O. The lowest BCUT2D eigenvalue weighted by molar-refractivity contribution is 0.0791. The predicted molar refractivity (Wildman–Crippen MR) is 94.0 cm³/mol. The Kier molecular flexibility index (Phi) is 7.00. The maximum absolute atomic E-state index is 12.5. The minimum atomic E-state index is -0.205. The summed E-state index contributed by atoms with van der Waals surface area (Å²) in [6.45, 7) is 5.14. The van der Waals surface area contributed by atoms with E-state index in [1.807, 2.05) is 27.0 Å². The molecule has 23 heavy (non-hydrogen) atoms. The summed E-state index contributed by atoms with van der Waals surface area (Å²) in [7, 11) is 3.57. The lowest BCUT2D eigenvalue weighted by Gasteiger charge is -2.17. The van der Waals surface area contributed by atoms with Gasteiger partial charge in [0.05, 0.1) is 10.7 Å². The summed E-state index contributed by atoms with van der Waals surface area (Å²) in [5.41, 5.74) is 2.09. The second-order valence-corrected chi connectivity index (χ2v) is 5.58. The summed E-state index contributed by atoms with van der Waals surface area (Å²) in [6, 6.07) is 5.39. The van der Waals surface area contributed by atoms with Gasteiger partial charge in [0.1, 0.15) is 5.69 Å². The lowest BCUT2D eigenvalue weighted by Crippen LogP contribution is -2.33. The summed E-state index contributed by atoms with van der Waals surface area (Å²) < 4.78 is 1.70. The van der Waals surface area contributed by atoms with Crippen molar-refractivity contribution in [2.24, 2.45) is 0 Å². The molecule has 2 aromatic rings. The van der Waals surface area contributed by atoms with Crippen molar-refractivity contribution in [3.8, 4) is 5.82 Å². The highest BCUT2D eigenvalue weighted by Crippen LogP contribution is 2.19. The van der Waals surface area contributed by atoms with Crippen molar-refractivity contribution >= 4 is 29.9 Å². The number of pyridine rings is 1. The van der Waals surface area contributed by atoms with Crippen molar-refractivity contribution < 1.29 is 4.79 Å². The first-order chi connectivity index (χ1) is 10.4. The van der Waals surface area contributed by atoms with E-state index >= 15 is 0 Å². The van der Waals surface area contributed by atoms with Crippen LogP contribution in [0.25, 0.3) is 5.82 Å². The van der Waals surface area contributed by atoms with Crippen LogP contribution in [0.3, 0.4) is 0 Å². The van der Waals surface area contributed by atoms with E-state index in [1.54, 1.807) is 28.8 Å². The molecule has 0 saturated heterocycles. The number of amides is 1. The first-order valence-corrected chi connectivity index (χ1v) is 7.42. The van der Waals surface area contributed by atoms with E-state index in [-0.39, 0.29) is 24.0 Å². The summed E-state index contributed by atoms with van der Waals surface area (Å²) in [6.07, 6.45) is 0. The summed E-state index contributed by atoms with van der Waals surface area (Å²) >= 11 is 6.15. The minimum absolute atomic E-state index is 0. The Morgan fingerprint density at radius 3 is 2.65 bits per heavy atom. The van der Waals surface area contributed by atoms with Gasteiger partial charge in [-0.1, -0.05) is 11.6 Å². The highest BCUT2D eigenvalue weighted by atomic mass is 35.5. The number of hydrogen-bond acceptors (Lipinski definition) is 4. The van der Waals surface area contributed by atoms with Gasteiger partial charge < -0.3 is 10.2 Å². The molecule has 0 radical (unpaired) electrons. The van der Waals surface area contributed by atoms with Gasteiger partial charge in [-0.3, -0.25) is 4.79 Å². The van der Waals surface area contributed by atoms with Crippen LogP contribution < -0.4 is 5.32 Å². The Hall–Kier alpha value is -1.63. The van der Waals surface area contributed by atoms with E-state index in [9.17, 15) is 4.79 Å². The highest BCUT2D eigenvalue weighted by molar-refractivity contribution is 6.33. The Labute approximate surface area is 147 Å². The smallest absolute Gasteiger partial charge is 0.273 e. The minimum Gasteiger partial charge on any atom is -0.339 e. The van der Waals surface area contributed by atoms with Gasteiger partial charge in [-0.05, 0) is 39.1 Å². The molecule has 126 valence electrons. The molecule has 0 aromatic carbocycles. The molecule has 0 unspecified atom stereocenters. The molecule has 2 heterocycles. The van der Waals surface area contributed by atoms with Crippen LogP contribution in [-0.4, -0.2) is 52.8 Å². The number of halogens is 2. The average molecular weight is 358 g/mol. The normalized spacial score (nSPS) is 10.3. The van der Waals surface area contributed by atoms with Gasteiger partial charge in [0.15, 0.2) is 5.82 Å². The predicted octanol–water partition coefficient (Wildman–Crippen LogP) is 2.25. The number of carbonyl (C=O) groups is 1. The number of aryl methyl sites for hydroxylation is 2. The number of nitrogens with one attached hydrogen (secondary N) is 1. The number of nitrogens with zero attached hydrogens (tertiary/aromatic N) is 4. The molecule has 1 amide bonds. The Morgan fingerprint density at radius 1 is 1.39 bits per heavy atom. The number of rotatable bonds is 5. The second-order valence-electron chi connectivity index (χ2n) is 5.17. The van der Waals surface area contributed by atoms with Crippen LogP contribution in [0.4, 0.5) is 0 Å². The van der Waals surface area contributed by atoms with Gasteiger partial charge in [-0.2, -0.15) is 5.10 Å². The maximum Gasteiger partial charge on any atom is 0.273 e. The van der Waals surface area contributed by atoms with Crippen LogP contribution >= 0.6 is 24.0 Å². The molecule has 2 rings (SSSR count). The van der Waals surface area contributed by atoms with Crippen LogP contribution in [0.1, 0.15) is 21.9 Å². The largest absolute Gasteiger partial charge is 0.339 e. The van der Waals surface area contributed by atoms with E-state index in [4.69, 9.17) is 11.6 Å². The summed E-state index contributed by atoms with van der Waals surface area (Å²) in [5.74, 6) is 0.379. The van der Waals surface area contributed by atoms with Gasteiger partial charge >= 0.3 is 0 Å². The van der Waals surface area contributed by atoms with Crippen LogP contribution in [0.15, 0.2) is 18.2 Å². The highest BCUT2D eigenvalue weighted by Gasteiger charge is 2.18.